The number of nitrogens with two attached hydrogens (primary N) is 1. The van der Waals surface area contributed by atoms with E-state index in [9.17, 15) is 0 Å². The number of nitrogens with zero attached hydrogens (tertiary/aromatic N) is 2. The van der Waals surface area contributed by atoms with Crippen LogP contribution in [0.4, 0.5) is 5.69 Å². The molecule has 4 aromatic rings. The summed E-state index contributed by atoms with van der Waals surface area (Å²) in [6.07, 6.45) is 7.52. The molecule has 27 heavy (non-hydrogen) atoms. The van der Waals surface area contributed by atoms with E-state index in [1.807, 2.05) is 25.3 Å². The van der Waals surface area contributed by atoms with Crippen LogP contribution < -0.4 is 5.73 Å². The maximum absolute atomic E-state index is 6.14. The molecular formula is C22H19ClN4. The molecule has 0 amide bonds. The molecule has 2 aromatic carbocycles. The van der Waals surface area contributed by atoms with Crippen molar-refractivity contribution in [2.75, 3.05) is 5.73 Å². The first-order valence-corrected chi connectivity index (χ1v) is 9.07. The number of benzene rings is 2. The molecule has 0 saturated heterocycles. The fraction of sp³-hybridized carbons (Fsp3) is 0.0909. The molecule has 3 N–H and O–H groups in total. The van der Waals surface area contributed by atoms with Crippen molar-refractivity contribution in [3.05, 3.63) is 82.9 Å². The molecule has 4 rings (SSSR count). The summed E-state index contributed by atoms with van der Waals surface area (Å²) < 4.78 is 0. The summed E-state index contributed by atoms with van der Waals surface area (Å²) in [5.41, 5.74) is 13.5. The van der Waals surface area contributed by atoms with Crippen LogP contribution in [0.1, 0.15) is 23.7 Å². The second-order valence-corrected chi connectivity index (χ2v) is 6.91. The SMILES string of the molecule is C/C=C(/c1cnc(-c2c[nH]c3ccc(C)cc23)cn1)c1cc(Cl)ccc1N. The summed E-state index contributed by atoms with van der Waals surface area (Å²) >= 11 is 6.14. The van der Waals surface area contributed by atoms with Gasteiger partial charge in [0.25, 0.3) is 0 Å². The van der Waals surface area contributed by atoms with Gasteiger partial charge in [-0.3, -0.25) is 9.97 Å². The Morgan fingerprint density at radius 1 is 1.11 bits per heavy atom. The summed E-state index contributed by atoms with van der Waals surface area (Å²) in [4.78, 5) is 12.6. The molecule has 0 fully saturated rings. The van der Waals surface area contributed by atoms with Crippen molar-refractivity contribution >= 4 is 33.8 Å². The third-order valence-corrected chi connectivity index (χ3v) is 4.87. The topological polar surface area (TPSA) is 67.6 Å². The lowest BCUT2D eigenvalue weighted by Gasteiger charge is -2.10. The highest BCUT2D eigenvalue weighted by molar-refractivity contribution is 6.30. The highest BCUT2D eigenvalue weighted by atomic mass is 35.5. The van der Waals surface area contributed by atoms with Crippen LogP contribution in [0.2, 0.25) is 5.02 Å². The molecule has 4 nitrogen and oxygen atoms in total. The van der Waals surface area contributed by atoms with Gasteiger partial charge in [0, 0.05) is 44.5 Å². The number of fused-ring (bicyclic) bond motifs is 1. The Kier molecular flexibility index (Phi) is 4.42. The Labute approximate surface area is 162 Å². The minimum atomic E-state index is 0.636. The van der Waals surface area contributed by atoms with Crippen molar-refractivity contribution in [3.63, 3.8) is 0 Å². The van der Waals surface area contributed by atoms with Gasteiger partial charge in [0.05, 0.1) is 23.8 Å². The lowest BCUT2D eigenvalue weighted by atomic mass is 10.0. The first kappa shape index (κ1) is 17.3. The zero-order valence-corrected chi connectivity index (χ0v) is 15.9. The average Bonchev–Trinajstić information content (AvgIpc) is 3.09. The second-order valence-electron chi connectivity index (χ2n) is 6.47. The van der Waals surface area contributed by atoms with Crippen LogP contribution in [-0.4, -0.2) is 15.0 Å². The molecule has 5 heteroatoms. The van der Waals surface area contributed by atoms with Crippen molar-refractivity contribution in [2.45, 2.75) is 13.8 Å². The smallest absolute Gasteiger partial charge is 0.0907 e. The summed E-state index contributed by atoms with van der Waals surface area (Å²) in [6, 6.07) is 11.8. The van der Waals surface area contributed by atoms with E-state index in [1.165, 1.54) is 5.56 Å². The number of aryl methyl sites for hydroxylation is 1. The summed E-state index contributed by atoms with van der Waals surface area (Å²) in [6.45, 7) is 4.03. The molecule has 0 saturated carbocycles. The van der Waals surface area contributed by atoms with Crippen LogP contribution in [-0.2, 0) is 0 Å². The number of allylic oxidation sites excluding steroid dienone is 1. The van der Waals surface area contributed by atoms with E-state index < -0.39 is 0 Å². The highest BCUT2D eigenvalue weighted by Crippen LogP contribution is 2.31. The van der Waals surface area contributed by atoms with Crippen LogP contribution in [0.5, 0.6) is 0 Å². The molecule has 2 heterocycles. The zero-order chi connectivity index (χ0) is 19.0. The number of nitrogens with one attached hydrogen (secondary N) is 1. The molecule has 0 atom stereocenters. The van der Waals surface area contributed by atoms with E-state index in [4.69, 9.17) is 17.3 Å². The summed E-state index contributed by atoms with van der Waals surface area (Å²) in [5, 5.41) is 1.78. The first-order chi connectivity index (χ1) is 13.1. The minimum absolute atomic E-state index is 0.636. The maximum atomic E-state index is 6.14. The second kappa shape index (κ2) is 6.89. The van der Waals surface area contributed by atoms with E-state index in [0.29, 0.717) is 10.7 Å². The number of rotatable bonds is 3. The number of halogens is 1. The number of hydrogen-bond donors (Lipinski definition) is 2. The van der Waals surface area contributed by atoms with Gasteiger partial charge in [0.15, 0.2) is 0 Å². The number of aromatic nitrogens is 3. The molecule has 2 aromatic heterocycles. The lowest BCUT2D eigenvalue weighted by molar-refractivity contribution is 1.17. The monoisotopic (exact) mass is 374 g/mol. The van der Waals surface area contributed by atoms with E-state index in [1.54, 1.807) is 24.5 Å². The molecule has 0 aliphatic carbocycles. The molecule has 0 unspecified atom stereocenters. The van der Waals surface area contributed by atoms with E-state index in [0.717, 1.165) is 39.0 Å². The Morgan fingerprint density at radius 3 is 2.70 bits per heavy atom. The number of anilines is 1. The predicted octanol–water partition coefficient (Wildman–Crippen LogP) is 5.62. The molecule has 0 spiro atoms. The molecular weight excluding hydrogens is 356 g/mol. The molecule has 0 radical (unpaired) electrons. The van der Waals surface area contributed by atoms with Gasteiger partial charge in [-0.05, 0) is 44.2 Å². The fourth-order valence-corrected chi connectivity index (χ4v) is 3.43. The van der Waals surface area contributed by atoms with Gasteiger partial charge in [-0.2, -0.15) is 0 Å². The Hall–Kier alpha value is -3.11. The largest absolute Gasteiger partial charge is 0.398 e. The van der Waals surface area contributed by atoms with Gasteiger partial charge in [0.2, 0.25) is 0 Å². The van der Waals surface area contributed by atoms with Gasteiger partial charge < -0.3 is 10.7 Å². The first-order valence-electron chi connectivity index (χ1n) is 8.69. The Bertz CT molecular complexity index is 1160. The normalized spacial score (nSPS) is 11.9. The van der Waals surface area contributed by atoms with Crippen LogP contribution >= 0.6 is 11.6 Å². The number of nitrogen functional groups attached to an aromatic ring is 1. The average molecular weight is 375 g/mol. The Balaban J connectivity index is 1.75. The third-order valence-electron chi connectivity index (χ3n) is 4.64. The molecule has 0 aliphatic rings. The van der Waals surface area contributed by atoms with E-state index in [2.05, 4.69) is 40.1 Å². The van der Waals surface area contributed by atoms with Crippen molar-refractivity contribution in [1.82, 2.24) is 15.0 Å². The van der Waals surface area contributed by atoms with Gasteiger partial charge in [-0.15, -0.1) is 0 Å². The number of H-pyrrole nitrogens is 1. The lowest BCUT2D eigenvalue weighted by Crippen LogP contribution is -1.98. The zero-order valence-electron chi connectivity index (χ0n) is 15.1. The van der Waals surface area contributed by atoms with Crippen LogP contribution in [0.15, 0.2) is 61.1 Å². The van der Waals surface area contributed by atoms with Gasteiger partial charge in [-0.1, -0.05) is 29.3 Å². The number of hydrogen-bond acceptors (Lipinski definition) is 3. The minimum Gasteiger partial charge on any atom is -0.398 e. The van der Waals surface area contributed by atoms with Crippen LogP contribution in [0.25, 0.3) is 27.7 Å². The highest BCUT2D eigenvalue weighted by Gasteiger charge is 2.12. The molecule has 0 bridgehead atoms. The fourth-order valence-electron chi connectivity index (χ4n) is 3.26. The standard InChI is InChI=1S/C22H19ClN4/c1-3-15(16-9-14(23)5-6-19(16)24)21-11-27-22(12-26-21)18-10-25-20-7-4-13(2)8-17(18)20/h3-12,25H,24H2,1-2H3/b15-3+. The van der Waals surface area contributed by atoms with E-state index in [-0.39, 0.29) is 0 Å². The molecule has 134 valence electrons. The summed E-state index contributed by atoms with van der Waals surface area (Å²) in [5.74, 6) is 0. The van der Waals surface area contributed by atoms with Crippen molar-refractivity contribution < 1.29 is 0 Å². The van der Waals surface area contributed by atoms with Crippen LogP contribution in [0, 0.1) is 6.92 Å². The quantitative estimate of drug-likeness (QED) is 0.457. The molecule has 0 aliphatic heterocycles. The van der Waals surface area contributed by atoms with Crippen molar-refractivity contribution in [1.29, 1.82) is 0 Å². The number of aromatic amines is 1. The summed E-state index contributed by atoms with van der Waals surface area (Å²) in [7, 11) is 0. The maximum Gasteiger partial charge on any atom is 0.0907 e. The van der Waals surface area contributed by atoms with Gasteiger partial charge in [-0.25, -0.2) is 0 Å². The predicted molar refractivity (Wildman–Crippen MR) is 113 cm³/mol. The van der Waals surface area contributed by atoms with Crippen LogP contribution in [0.3, 0.4) is 0 Å². The van der Waals surface area contributed by atoms with Gasteiger partial charge >= 0.3 is 0 Å². The van der Waals surface area contributed by atoms with Crippen molar-refractivity contribution in [3.8, 4) is 11.3 Å². The van der Waals surface area contributed by atoms with Crippen molar-refractivity contribution in [2.24, 2.45) is 0 Å². The Morgan fingerprint density at radius 2 is 1.96 bits per heavy atom. The van der Waals surface area contributed by atoms with E-state index >= 15 is 0 Å². The van der Waals surface area contributed by atoms with Gasteiger partial charge in [0.1, 0.15) is 0 Å². The third kappa shape index (κ3) is 3.20.